The Labute approximate surface area is 245 Å². The molecule has 1 saturated heterocycles. The van der Waals surface area contributed by atoms with Crippen LogP contribution >= 0.6 is 0 Å². The van der Waals surface area contributed by atoms with Gasteiger partial charge in [0.05, 0.1) is 43.0 Å². The van der Waals surface area contributed by atoms with Crippen LogP contribution in [0.3, 0.4) is 0 Å². The number of aromatic nitrogens is 2. The van der Waals surface area contributed by atoms with Crippen LogP contribution in [0.15, 0.2) is 66.7 Å². The molecule has 0 aliphatic carbocycles. The number of hydrogen-bond acceptors (Lipinski definition) is 7. The van der Waals surface area contributed by atoms with Crippen LogP contribution in [0, 0.1) is 0 Å². The van der Waals surface area contributed by atoms with Gasteiger partial charge in [0.2, 0.25) is 0 Å². The van der Waals surface area contributed by atoms with Gasteiger partial charge in [0.15, 0.2) is 0 Å². The third kappa shape index (κ3) is 6.72. The maximum absolute atomic E-state index is 13.3. The molecule has 0 atom stereocenters. The number of fused-ring (bicyclic) bond motifs is 1. The molecule has 0 bridgehead atoms. The maximum Gasteiger partial charge on any atom is 0.337 e. The number of esters is 1. The van der Waals surface area contributed by atoms with Gasteiger partial charge in [-0.05, 0) is 36.4 Å². The van der Waals surface area contributed by atoms with Gasteiger partial charge < -0.3 is 19.5 Å². The molecule has 10 nitrogen and oxygen atoms in total. The highest BCUT2D eigenvalue weighted by Crippen LogP contribution is 2.32. The summed E-state index contributed by atoms with van der Waals surface area (Å²) in [6.45, 7) is 10.9. The number of urea groups is 1. The van der Waals surface area contributed by atoms with Gasteiger partial charge in [-0.3, -0.25) is 10.2 Å². The van der Waals surface area contributed by atoms with Crippen molar-refractivity contribution in [3.05, 3.63) is 78.0 Å². The van der Waals surface area contributed by atoms with Gasteiger partial charge in [0, 0.05) is 41.9 Å². The lowest BCUT2D eigenvalue weighted by Crippen LogP contribution is -2.38. The summed E-state index contributed by atoms with van der Waals surface area (Å²) in [5, 5.41) is 12.5. The van der Waals surface area contributed by atoms with Gasteiger partial charge in [-0.2, -0.15) is 5.10 Å². The van der Waals surface area contributed by atoms with E-state index in [1.165, 1.54) is 7.11 Å². The zero-order valence-electron chi connectivity index (χ0n) is 24.5. The highest BCUT2D eigenvalue weighted by Gasteiger charge is 2.22. The highest BCUT2D eigenvalue weighted by atomic mass is 16.5. The molecule has 1 fully saturated rings. The van der Waals surface area contributed by atoms with Crippen molar-refractivity contribution < 1.29 is 23.8 Å². The van der Waals surface area contributed by atoms with Gasteiger partial charge in [-0.15, -0.1) is 0 Å². The molecule has 42 heavy (non-hydrogen) atoms. The molecule has 0 spiro atoms. The van der Waals surface area contributed by atoms with Crippen molar-refractivity contribution in [1.29, 1.82) is 0 Å². The SMILES string of the molecule is COC(=O)c1ccc(-n2nc(C(C)(C)C)cc2NC(=O)Nc2ccc(OCCN3CCOCC3)c3ccccc23)cc1. The molecule has 1 aliphatic heterocycles. The molecule has 0 unspecified atom stereocenters. The van der Waals surface area contributed by atoms with E-state index >= 15 is 0 Å². The van der Waals surface area contributed by atoms with Crippen molar-refractivity contribution in [2.45, 2.75) is 26.2 Å². The van der Waals surface area contributed by atoms with Crippen LogP contribution < -0.4 is 15.4 Å². The number of amides is 2. The summed E-state index contributed by atoms with van der Waals surface area (Å²) in [6.07, 6.45) is 0. The van der Waals surface area contributed by atoms with E-state index in [9.17, 15) is 9.59 Å². The number of nitrogens with one attached hydrogen (secondary N) is 2. The van der Waals surface area contributed by atoms with Gasteiger partial charge in [-0.25, -0.2) is 14.3 Å². The molecular formula is C32H37N5O5. The van der Waals surface area contributed by atoms with E-state index in [0.29, 0.717) is 29.4 Å². The van der Waals surface area contributed by atoms with Crippen LogP contribution in [0.5, 0.6) is 5.75 Å². The van der Waals surface area contributed by atoms with Crippen molar-refractivity contribution in [2.24, 2.45) is 0 Å². The van der Waals surface area contributed by atoms with Crippen LogP contribution in [0.4, 0.5) is 16.3 Å². The standard InChI is InChI=1S/C32H37N5O5/c1-32(2,3)28-21-29(37(35-28)23-11-9-22(10-12-23)30(38)40-4)34-31(39)33-26-13-14-27(25-8-6-5-7-24(25)26)42-20-17-36-15-18-41-19-16-36/h5-14,21H,15-20H2,1-4H3,(H2,33,34,39). The van der Waals surface area contributed by atoms with Crippen molar-refractivity contribution in [3.63, 3.8) is 0 Å². The van der Waals surface area contributed by atoms with Crippen LogP contribution in [-0.4, -0.2) is 73.2 Å². The summed E-state index contributed by atoms with van der Waals surface area (Å²) in [4.78, 5) is 27.5. The van der Waals surface area contributed by atoms with Gasteiger partial charge in [-0.1, -0.05) is 45.0 Å². The second-order valence-corrected chi connectivity index (χ2v) is 11.2. The zero-order valence-corrected chi connectivity index (χ0v) is 24.5. The summed E-state index contributed by atoms with van der Waals surface area (Å²) in [5.41, 5.74) is 2.33. The molecule has 2 heterocycles. The summed E-state index contributed by atoms with van der Waals surface area (Å²) in [7, 11) is 1.34. The van der Waals surface area contributed by atoms with Gasteiger partial charge >= 0.3 is 12.0 Å². The molecule has 1 aliphatic rings. The first kappa shape index (κ1) is 29.1. The third-order valence-corrected chi connectivity index (χ3v) is 7.15. The van der Waals surface area contributed by atoms with E-state index in [-0.39, 0.29) is 5.41 Å². The zero-order chi connectivity index (χ0) is 29.7. The lowest BCUT2D eigenvalue weighted by molar-refractivity contribution is 0.0323. The minimum Gasteiger partial charge on any atom is -0.492 e. The Kier molecular flexibility index (Phi) is 8.75. The monoisotopic (exact) mass is 571 g/mol. The topological polar surface area (TPSA) is 107 Å². The Bertz CT molecular complexity index is 1550. The minimum absolute atomic E-state index is 0.252. The molecule has 4 aromatic rings. The largest absolute Gasteiger partial charge is 0.492 e. The Balaban J connectivity index is 1.34. The number of methoxy groups -OCH3 is 1. The summed E-state index contributed by atoms with van der Waals surface area (Å²) < 4.78 is 18.0. The second kappa shape index (κ2) is 12.6. The second-order valence-electron chi connectivity index (χ2n) is 11.2. The molecule has 1 aromatic heterocycles. The molecule has 5 rings (SSSR count). The fraction of sp³-hybridized carbons (Fsp3) is 0.344. The number of benzene rings is 3. The third-order valence-electron chi connectivity index (χ3n) is 7.15. The molecular weight excluding hydrogens is 534 g/mol. The average Bonchev–Trinajstić information content (AvgIpc) is 3.42. The van der Waals surface area contributed by atoms with Gasteiger partial charge in [0.25, 0.3) is 0 Å². The normalized spacial score (nSPS) is 14.0. The summed E-state index contributed by atoms with van der Waals surface area (Å²) in [6, 6.07) is 19.9. The number of anilines is 2. The summed E-state index contributed by atoms with van der Waals surface area (Å²) >= 11 is 0. The average molecular weight is 572 g/mol. The van der Waals surface area contributed by atoms with Gasteiger partial charge in [0.1, 0.15) is 18.2 Å². The van der Waals surface area contributed by atoms with Crippen molar-refractivity contribution in [3.8, 4) is 11.4 Å². The van der Waals surface area contributed by atoms with E-state index in [0.717, 1.165) is 55.1 Å². The minimum atomic E-state index is -0.420. The molecule has 2 amide bonds. The van der Waals surface area contributed by atoms with Crippen molar-refractivity contribution in [1.82, 2.24) is 14.7 Å². The maximum atomic E-state index is 13.3. The molecule has 220 valence electrons. The fourth-order valence-corrected chi connectivity index (χ4v) is 4.78. The Morgan fingerprint density at radius 2 is 1.67 bits per heavy atom. The van der Waals surface area contributed by atoms with Crippen molar-refractivity contribution in [2.75, 3.05) is 57.2 Å². The quantitative estimate of drug-likeness (QED) is 0.270. The Hall–Kier alpha value is -4.41. The van der Waals surface area contributed by atoms with E-state index in [1.54, 1.807) is 28.9 Å². The van der Waals surface area contributed by atoms with Crippen LogP contribution in [0.1, 0.15) is 36.8 Å². The van der Waals surface area contributed by atoms with E-state index in [2.05, 4.69) is 36.3 Å². The van der Waals surface area contributed by atoms with Crippen LogP contribution in [0.25, 0.3) is 16.5 Å². The lowest BCUT2D eigenvalue weighted by Gasteiger charge is -2.26. The predicted molar refractivity (Wildman–Crippen MR) is 163 cm³/mol. The first-order chi connectivity index (χ1) is 20.2. The molecule has 3 aromatic carbocycles. The number of ether oxygens (including phenoxy) is 3. The van der Waals surface area contributed by atoms with E-state index in [4.69, 9.17) is 19.3 Å². The number of hydrogen-bond donors (Lipinski definition) is 2. The highest BCUT2D eigenvalue weighted by molar-refractivity contribution is 6.07. The molecule has 0 saturated carbocycles. The number of rotatable bonds is 8. The van der Waals surface area contributed by atoms with Crippen LogP contribution in [-0.2, 0) is 14.9 Å². The van der Waals surface area contributed by atoms with E-state index < -0.39 is 12.0 Å². The first-order valence-electron chi connectivity index (χ1n) is 14.0. The van der Waals surface area contributed by atoms with Crippen molar-refractivity contribution >= 4 is 34.3 Å². The molecule has 0 radical (unpaired) electrons. The fourth-order valence-electron chi connectivity index (χ4n) is 4.78. The first-order valence-corrected chi connectivity index (χ1v) is 14.0. The number of carbonyl (C=O) groups is 2. The number of carbonyl (C=O) groups excluding carboxylic acids is 2. The summed E-state index contributed by atoms with van der Waals surface area (Å²) in [5.74, 6) is 0.847. The molecule has 2 N–H and O–H groups in total. The number of nitrogens with zero attached hydrogens (tertiary/aromatic N) is 3. The Morgan fingerprint density at radius 3 is 2.36 bits per heavy atom. The smallest absolute Gasteiger partial charge is 0.337 e. The Morgan fingerprint density at radius 1 is 0.952 bits per heavy atom. The van der Waals surface area contributed by atoms with Crippen LogP contribution in [0.2, 0.25) is 0 Å². The predicted octanol–water partition coefficient (Wildman–Crippen LogP) is 5.46. The molecule has 10 heteroatoms. The lowest BCUT2D eigenvalue weighted by atomic mass is 9.92. The van der Waals surface area contributed by atoms with E-state index in [1.807, 2.05) is 42.5 Å². The number of morpholine rings is 1.